The van der Waals surface area contributed by atoms with Gasteiger partial charge in [0.25, 0.3) is 0 Å². The number of benzene rings is 1. The Labute approximate surface area is 198 Å². The summed E-state index contributed by atoms with van der Waals surface area (Å²) in [5.41, 5.74) is 0.209. The summed E-state index contributed by atoms with van der Waals surface area (Å²) in [7, 11) is 0. The molecule has 0 spiro atoms. The second-order valence-corrected chi connectivity index (χ2v) is 10.3. The molecule has 9 nitrogen and oxygen atoms in total. The van der Waals surface area contributed by atoms with Crippen LogP contribution in [0, 0.1) is 12.7 Å². The van der Waals surface area contributed by atoms with Crippen LogP contribution in [-0.2, 0) is 15.8 Å². The van der Waals surface area contributed by atoms with E-state index < -0.39 is 16.9 Å². The Morgan fingerprint density at radius 3 is 2.50 bits per heavy atom. The van der Waals surface area contributed by atoms with E-state index in [0.717, 1.165) is 31.7 Å². The minimum absolute atomic E-state index is 0.0654. The number of fused-ring (bicyclic) bond motifs is 2. The zero-order chi connectivity index (χ0) is 24.0. The third kappa shape index (κ3) is 4.58. The predicted octanol–water partition coefficient (Wildman–Crippen LogP) is 4.36. The zero-order valence-corrected chi connectivity index (χ0v) is 19.7. The van der Waals surface area contributed by atoms with Crippen LogP contribution in [0.15, 0.2) is 29.4 Å². The first-order chi connectivity index (χ1) is 16.2. The summed E-state index contributed by atoms with van der Waals surface area (Å²) in [5.74, 6) is -0.444. The van der Waals surface area contributed by atoms with Crippen molar-refractivity contribution in [3.05, 3.63) is 35.9 Å². The van der Waals surface area contributed by atoms with Crippen molar-refractivity contribution in [2.75, 3.05) is 0 Å². The Kier molecular flexibility index (Phi) is 5.93. The SMILES string of the molecule is Cc1c(Oc2ccc(S(=O)O)cc2F)ncnc1OC1C[C@@H]2CC[C@@H](C1)N2C(=O)OC1(C)CC1. The highest BCUT2D eigenvalue weighted by atomic mass is 32.2. The highest BCUT2D eigenvalue weighted by molar-refractivity contribution is 7.79. The molecule has 3 atom stereocenters. The molecule has 1 aromatic carbocycles. The van der Waals surface area contributed by atoms with E-state index in [1.165, 1.54) is 18.5 Å². The van der Waals surface area contributed by atoms with Gasteiger partial charge in [-0.1, -0.05) is 0 Å². The molecular weight excluding hydrogens is 465 g/mol. The largest absolute Gasteiger partial charge is 0.474 e. The molecule has 3 aliphatic rings. The molecule has 2 aromatic rings. The van der Waals surface area contributed by atoms with Crippen molar-refractivity contribution in [2.45, 2.75) is 81.1 Å². The Morgan fingerprint density at radius 2 is 1.88 bits per heavy atom. The number of ether oxygens (including phenoxy) is 3. The van der Waals surface area contributed by atoms with Gasteiger partial charge in [-0.2, -0.15) is 0 Å². The van der Waals surface area contributed by atoms with Crippen LogP contribution < -0.4 is 9.47 Å². The van der Waals surface area contributed by atoms with Crippen molar-refractivity contribution in [3.63, 3.8) is 0 Å². The molecule has 1 aliphatic carbocycles. The first-order valence-corrected chi connectivity index (χ1v) is 12.4. The van der Waals surface area contributed by atoms with Gasteiger partial charge in [0.1, 0.15) is 18.0 Å². The van der Waals surface area contributed by atoms with Crippen molar-refractivity contribution >= 4 is 17.2 Å². The summed E-state index contributed by atoms with van der Waals surface area (Å²) in [5, 5.41) is 0. The van der Waals surface area contributed by atoms with Crippen molar-refractivity contribution < 1.29 is 32.2 Å². The van der Waals surface area contributed by atoms with Gasteiger partial charge in [0, 0.05) is 24.9 Å². The number of rotatable bonds is 6. The number of hydrogen-bond donors (Lipinski definition) is 1. The van der Waals surface area contributed by atoms with Crippen LogP contribution in [0.1, 0.15) is 51.0 Å². The smallest absolute Gasteiger partial charge is 0.410 e. The number of hydrogen-bond acceptors (Lipinski definition) is 7. The van der Waals surface area contributed by atoms with E-state index in [-0.39, 0.29) is 46.4 Å². The number of carbonyl (C=O) groups excluding carboxylic acids is 1. The molecule has 3 heterocycles. The molecule has 1 amide bonds. The Bertz CT molecular complexity index is 1130. The zero-order valence-electron chi connectivity index (χ0n) is 18.9. The van der Waals surface area contributed by atoms with E-state index in [0.29, 0.717) is 24.3 Å². The number of halogens is 1. The van der Waals surface area contributed by atoms with Crippen LogP contribution in [0.2, 0.25) is 0 Å². The summed E-state index contributed by atoms with van der Waals surface area (Å²) >= 11 is -2.29. The van der Waals surface area contributed by atoms with E-state index in [1.807, 2.05) is 11.8 Å². The van der Waals surface area contributed by atoms with E-state index >= 15 is 0 Å². The summed E-state index contributed by atoms with van der Waals surface area (Å²) in [6, 6.07) is 3.66. The van der Waals surface area contributed by atoms with Gasteiger partial charge < -0.3 is 23.7 Å². The number of amides is 1. The lowest BCUT2D eigenvalue weighted by Crippen LogP contribution is -2.50. The van der Waals surface area contributed by atoms with Gasteiger partial charge in [-0.15, -0.1) is 0 Å². The molecule has 2 saturated heterocycles. The van der Waals surface area contributed by atoms with Crippen LogP contribution in [0.25, 0.3) is 0 Å². The van der Waals surface area contributed by atoms with Crippen LogP contribution in [0.5, 0.6) is 17.5 Å². The molecule has 1 unspecified atom stereocenters. The van der Waals surface area contributed by atoms with Crippen molar-refractivity contribution in [3.8, 4) is 17.5 Å². The highest BCUT2D eigenvalue weighted by Crippen LogP contribution is 2.43. The molecule has 182 valence electrons. The maximum Gasteiger partial charge on any atom is 0.410 e. The number of carbonyl (C=O) groups is 1. The first-order valence-electron chi connectivity index (χ1n) is 11.3. The van der Waals surface area contributed by atoms with Gasteiger partial charge in [-0.3, -0.25) is 0 Å². The number of nitrogens with zero attached hydrogens (tertiary/aromatic N) is 3. The molecule has 1 saturated carbocycles. The van der Waals surface area contributed by atoms with Crippen molar-refractivity contribution in [1.29, 1.82) is 0 Å². The topological polar surface area (TPSA) is 111 Å². The monoisotopic (exact) mass is 491 g/mol. The molecule has 2 aliphatic heterocycles. The predicted molar refractivity (Wildman–Crippen MR) is 119 cm³/mol. The fraction of sp³-hybridized carbons (Fsp3) is 0.522. The van der Waals surface area contributed by atoms with Gasteiger partial charge in [0.05, 0.1) is 10.5 Å². The van der Waals surface area contributed by atoms with Gasteiger partial charge >= 0.3 is 6.09 Å². The van der Waals surface area contributed by atoms with Crippen LogP contribution >= 0.6 is 0 Å². The fourth-order valence-electron chi connectivity index (χ4n) is 4.64. The minimum atomic E-state index is -2.29. The van der Waals surface area contributed by atoms with Gasteiger partial charge in [0.2, 0.25) is 11.8 Å². The number of aromatic nitrogens is 2. The third-order valence-corrected chi connectivity index (χ3v) is 7.43. The summed E-state index contributed by atoms with van der Waals surface area (Å²) in [6.45, 7) is 3.69. The van der Waals surface area contributed by atoms with E-state index in [9.17, 15) is 13.4 Å². The fourth-order valence-corrected chi connectivity index (χ4v) is 5.03. The quantitative estimate of drug-likeness (QED) is 0.594. The van der Waals surface area contributed by atoms with Gasteiger partial charge in [0.15, 0.2) is 22.6 Å². The van der Waals surface area contributed by atoms with Gasteiger partial charge in [-0.25, -0.2) is 23.4 Å². The first kappa shape index (κ1) is 23.0. The van der Waals surface area contributed by atoms with E-state index in [4.69, 9.17) is 18.8 Å². The molecule has 1 N–H and O–H groups in total. The van der Waals surface area contributed by atoms with E-state index in [2.05, 4.69) is 9.97 Å². The van der Waals surface area contributed by atoms with Crippen LogP contribution in [0.4, 0.5) is 9.18 Å². The number of piperidine rings is 1. The molecule has 2 bridgehead atoms. The maximum absolute atomic E-state index is 14.3. The molecule has 0 radical (unpaired) electrons. The molecular formula is C23H26FN3O6S. The molecule has 1 aromatic heterocycles. The maximum atomic E-state index is 14.3. The lowest BCUT2D eigenvalue weighted by Gasteiger charge is -2.38. The molecule has 5 rings (SSSR count). The molecule has 34 heavy (non-hydrogen) atoms. The summed E-state index contributed by atoms with van der Waals surface area (Å²) in [4.78, 5) is 22.8. The Balaban J connectivity index is 1.26. The normalized spacial score (nSPS) is 25.5. The summed E-state index contributed by atoms with van der Waals surface area (Å²) in [6.07, 6.45) is 5.95. The standard InChI is InChI=1S/C23H26FN3O6S/c1-13-20(25-12-26-21(13)32-19-6-5-17(34(29)30)11-18(19)24)31-16-9-14-3-4-15(10-16)27(14)22(28)33-23(2)7-8-23/h5-6,11-12,14-16H,3-4,7-10H2,1-2H3,(H,29,30)/t14-,15-/m0/s1. The summed E-state index contributed by atoms with van der Waals surface area (Å²) < 4.78 is 52.0. The highest BCUT2D eigenvalue weighted by Gasteiger charge is 2.49. The van der Waals surface area contributed by atoms with Crippen LogP contribution in [0.3, 0.4) is 0 Å². The van der Waals surface area contributed by atoms with Crippen molar-refractivity contribution in [1.82, 2.24) is 14.9 Å². The van der Waals surface area contributed by atoms with Crippen molar-refractivity contribution in [2.24, 2.45) is 0 Å². The lowest BCUT2D eigenvalue weighted by molar-refractivity contribution is 0.0114. The lowest BCUT2D eigenvalue weighted by atomic mass is 10.0. The minimum Gasteiger partial charge on any atom is -0.474 e. The third-order valence-electron chi connectivity index (χ3n) is 6.77. The average molecular weight is 492 g/mol. The average Bonchev–Trinajstić information content (AvgIpc) is 3.44. The van der Waals surface area contributed by atoms with E-state index in [1.54, 1.807) is 6.92 Å². The second-order valence-electron chi connectivity index (χ2n) is 9.37. The van der Waals surface area contributed by atoms with Gasteiger partial charge in [-0.05, 0) is 57.7 Å². The second kappa shape index (κ2) is 8.77. The van der Waals surface area contributed by atoms with Crippen LogP contribution in [-0.4, -0.2) is 53.5 Å². The molecule has 3 fully saturated rings. The Morgan fingerprint density at radius 1 is 1.21 bits per heavy atom. The Hall–Kier alpha value is -2.79. The molecule has 11 heteroatoms.